The van der Waals surface area contributed by atoms with Gasteiger partial charge in [-0.1, -0.05) is 6.07 Å². The summed E-state index contributed by atoms with van der Waals surface area (Å²) in [4.78, 5) is 11.6. The summed E-state index contributed by atoms with van der Waals surface area (Å²) in [5.41, 5.74) is 0.943. The molecule has 1 aromatic rings. The Labute approximate surface area is 100 Å². The molecule has 1 atom stereocenters. The molecule has 0 amide bonds. The fourth-order valence-electron chi connectivity index (χ4n) is 2.15. The third kappa shape index (κ3) is 2.42. The molecule has 1 aromatic carbocycles. The summed E-state index contributed by atoms with van der Waals surface area (Å²) >= 11 is 0. The highest BCUT2D eigenvalue weighted by Crippen LogP contribution is 2.36. The number of ether oxygens (including phenoxy) is 2. The predicted octanol–water partition coefficient (Wildman–Crippen LogP) is 2.42. The van der Waals surface area contributed by atoms with Crippen LogP contribution < -0.4 is 0 Å². The molecular weight excluding hydrogens is 220 g/mol. The number of methoxy groups -OCH3 is 1. The minimum absolute atomic E-state index is 0.0970. The summed E-state index contributed by atoms with van der Waals surface area (Å²) in [5, 5.41) is 9.90. The van der Waals surface area contributed by atoms with Crippen molar-refractivity contribution in [1.29, 1.82) is 0 Å². The van der Waals surface area contributed by atoms with Crippen LogP contribution in [0.2, 0.25) is 0 Å². The molecule has 1 aliphatic rings. The summed E-state index contributed by atoms with van der Waals surface area (Å²) < 4.78 is 10.3. The highest BCUT2D eigenvalue weighted by Gasteiger charge is 2.25. The minimum Gasteiger partial charge on any atom is -0.508 e. The van der Waals surface area contributed by atoms with Crippen molar-refractivity contribution in [3.05, 3.63) is 29.3 Å². The lowest BCUT2D eigenvalue weighted by molar-refractivity contribution is 0.0123. The molecule has 0 radical (unpaired) electrons. The number of carbonyl (C=O) groups is 1. The second kappa shape index (κ2) is 5.19. The van der Waals surface area contributed by atoms with E-state index in [4.69, 9.17) is 9.47 Å². The quantitative estimate of drug-likeness (QED) is 0.801. The van der Waals surface area contributed by atoms with Gasteiger partial charge in [0.25, 0.3) is 0 Å². The molecule has 1 heterocycles. The molecule has 0 spiro atoms. The first kappa shape index (κ1) is 11.9. The number of benzene rings is 1. The Morgan fingerprint density at radius 2 is 2.29 bits per heavy atom. The summed E-state index contributed by atoms with van der Waals surface area (Å²) in [6.07, 6.45) is 2.68. The summed E-state index contributed by atoms with van der Waals surface area (Å²) in [5.74, 6) is -0.343. The van der Waals surface area contributed by atoms with Gasteiger partial charge in [0.05, 0.1) is 18.8 Å². The zero-order chi connectivity index (χ0) is 12.3. The van der Waals surface area contributed by atoms with Crippen LogP contribution in [0.4, 0.5) is 0 Å². The molecule has 2 rings (SSSR count). The lowest BCUT2D eigenvalue weighted by Gasteiger charge is -2.25. The summed E-state index contributed by atoms with van der Waals surface area (Å²) in [6.45, 7) is 0.666. The van der Waals surface area contributed by atoms with Gasteiger partial charge >= 0.3 is 5.97 Å². The summed E-state index contributed by atoms with van der Waals surface area (Å²) in [7, 11) is 1.33. The van der Waals surface area contributed by atoms with Crippen molar-refractivity contribution in [3.63, 3.8) is 0 Å². The van der Waals surface area contributed by atoms with Gasteiger partial charge in [-0.25, -0.2) is 4.79 Å². The standard InChI is InChI=1S/C13H16O4/c1-16-13(15)9-5-4-6-10(14)12(9)11-7-2-3-8-17-11/h4-6,11,14H,2-3,7-8H2,1H3. The van der Waals surface area contributed by atoms with Crippen molar-refractivity contribution in [2.75, 3.05) is 13.7 Å². The molecule has 92 valence electrons. The Balaban J connectivity index is 2.39. The maximum atomic E-state index is 11.6. The van der Waals surface area contributed by atoms with E-state index in [1.807, 2.05) is 0 Å². The molecule has 0 saturated carbocycles. The van der Waals surface area contributed by atoms with Crippen LogP contribution >= 0.6 is 0 Å². The van der Waals surface area contributed by atoms with Gasteiger partial charge in [0.1, 0.15) is 5.75 Å². The van der Waals surface area contributed by atoms with Crippen molar-refractivity contribution in [2.24, 2.45) is 0 Å². The molecule has 1 N–H and O–H groups in total. The van der Waals surface area contributed by atoms with Crippen LogP contribution in [-0.4, -0.2) is 24.8 Å². The topological polar surface area (TPSA) is 55.8 Å². The average Bonchev–Trinajstić information content (AvgIpc) is 2.38. The maximum absolute atomic E-state index is 11.6. The van der Waals surface area contributed by atoms with Crippen LogP contribution in [0.1, 0.15) is 41.3 Å². The molecule has 4 heteroatoms. The highest BCUT2D eigenvalue weighted by atomic mass is 16.5. The fraction of sp³-hybridized carbons (Fsp3) is 0.462. The first-order chi connectivity index (χ1) is 8.24. The van der Waals surface area contributed by atoms with Gasteiger partial charge in [-0.15, -0.1) is 0 Å². The van der Waals surface area contributed by atoms with E-state index in [1.54, 1.807) is 18.2 Å². The molecule has 1 aliphatic heterocycles. The van der Waals surface area contributed by atoms with Crippen LogP contribution in [0.15, 0.2) is 18.2 Å². The number of carbonyl (C=O) groups excluding carboxylic acids is 1. The van der Waals surface area contributed by atoms with Crippen LogP contribution in [0.3, 0.4) is 0 Å². The van der Waals surface area contributed by atoms with E-state index in [0.717, 1.165) is 19.3 Å². The van der Waals surface area contributed by atoms with Gasteiger partial charge in [-0.3, -0.25) is 0 Å². The van der Waals surface area contributed by atoms with Gasteiger partial charge in [0.15, 0.2) is 0 Å². The van der Waals surface area contributed by atoms with Crippen LogP contribution in [-0.2, 0) is 9.47 Å². The number of hydrogen-bond donors (Lipinski definition) is 1. The van der Waals surface area contributed by atoms with Gasteiger partial charge in [-0.2, -0.15) is 0 Å². The Hall–Kier alpha value is -1.55. The van der Waals surface area contributed by atoms with E-state index in [-0.39, 0.29) is 11.9 Å². The van der Waals surface area contributed by atoms with E-state index >= 15 is 0 Å². The molecular formula is C13H16O4. The number of aromatic hydroxyl groups is 1. The smallest absolute Gasteiger partial charge is 0.338 e. The van der Waals surface area contributed by atoms with Crippen molar-refractivity contribution in [1.82, 2.24) is 0 Å². The van der Waals surface area contributed by atoms with E-state index in [9.17, 15) is 9.90 Å². The molecule has 0 aliphatic carbocycles. The van der Waals surface area contributed by atoms with Gasteiger partial charge in [0.2, 0.25) is 0 Å². The van der Waals surface area contributed by atoms with Crippen molar-refractivity contribution >= 4 is 5.97 Å². The zero-order valence-electron chi connectivity index (χ0n) is 9.81. The number of esters is 1. The maximum Gasteiger partial charge on any atom is 0.338 e. The Morgan fingerprint density at radius 1 is 1.47 bits per heavy atom. The van der Waals surface area contributed by atoms with E-state index in [1.165, 1.54) is 7.11 Å². The van der Waals surface area contributed by atoms with Crippen LogP contribution in [0.5, 0.6) is 5.75 Å². The van der Waals surface area contributed by atoms with E-state index < -0.39 is 5.97 Å². The molecule has 0 aromatic heterocycles. The molecule has 1 unspecified atom stereocenters. The Kier molecular flexibility index (Phi) is 3.64. The molecule has 4 nitrogen and oxygen atoms in total. The Bertz CT molecular complexity index is 408. The van der Waals surface area contributed by atoms with E-state index in [0.29, 0.717) is 17.7 Å². The first-order valence-corrected chi connectivity index (χ1v) is 5.76. The average molecular weight is 236 g/mol. The first-order valence-electron chi connectivity index (χ1n) is 5.76. The predicted molar refractivity (Wildman–Crippen MR) is 62.0 cm³/mol. The summed E-state index contributed by atoms with van der Waals surface area (Å²) in [6, 6.07) is 4.85. The third-order valence-electron chi connectivity index (χ3n) is 2.99. The monoisotopic (exact) mass is 236 g/mol. The normalized spacial score (nSPS) is 19.9. The third-order valence-corrected chi connectivity index (χ3v) is 2.99. The van der Waals surface area contributed by atoms with Crippen molar-refractivity contribution < 1.29 is 19.4 Å². The lowest BCUT2D eigenvalue weighted by Crippen LogP contribution is -2.16. The zero-order valence-corrected chi connectivity index (χ0v) is 9.81. The second-order valence-corrected chi connectivity index (χ2v) is 4.09. The molecule has 1 saturated heterocycles. The van der Waals surface area contributed by atoms with E-state index in [2.05, 4.69) is 0 Å². The molecule has 0 bridgehead atoms. The number of phenols is 1. The molecule has 1 fully saturated rings. The van der Waals surface area contributed by atoms with Gasteiger partial charge in [0, 0.05) is 12.2 Å². The van der Waals surface area contributed by atoms with Gasteiger partial charge < -0.3 is 14.6 Å². The lowest BCUT2D eigenvalue weighted by atomic mass is 9.96. The van der Waals surface area contributed by atoms with Crippen molar-refractivity contribution in [3.8, 4) is 5.75 Å². The number of rotatable bonds is 2. The van der Waals surface area contributed by atoms with Crippen molar-refractivity contribution in [2.45, 2.75) is 25.4 Å². The SMILES string of the molecule is COC(=O)c1cccc(O)c1C1CCCCO1. The van der Waals surface area contributed by atoms with Crippen LogP contribution in [0.25, 0.3) is 0 Å². The Morgan fingerprint density at radius 3 is 2.94 bits per heavy atom. The molecule has 17 heavy (non-hydrogen) atoms. The van der Waals surface area contributed by atoms with Crippen LogP contribution in [0, 0.1) is 0 Å². The minimum atomic E-state index is -0.440. The highest BCUT2D eigenvalue weighted by molar-refractivity contribution is 5.92. The number of hydrogen-bond acceptors (Lipinski definition) is 4. The van der Waals surface area contributed by atoms with Gasteiger partial charge in [-0.05, 0) is 31.4 Å². The fourth-order valence-corrected chi connectivity index (χ4v) is 2.15. The number of phenolic OH excluding ortho intramolecular Hbond substituents is 1. The second-order valence-electron chi connectivity index (χ2n) is 4.09. The largest absolute Gasteiger partial charge is 0.508 e.